The molecule has 2 rings (SSSR count). The highest BCUT2D eigenvalue weighted by molar-refractivity contribution is 6.31. The molecule has 26 heavy (non-hydrogen) atoms. The van der Waals surface area contributed by atoms with Crippen LogP contribution in [-0.4, -0.2) is 49.9 Å². The molecule has 2 aromatic rings. The SMILES string of the molecule is CN=C(NCc1ccc(C(=O)N(C)C)cc1)N(C)Cc1ccccc1Cl. The number of nitrogens with zero attached hydrogens (tertiary/aromatic N) is 3. The van der Waals surface area contributed by atoms with Crippen molar-refractivity contribution in [2.45, 2.75) is 13.1 Å². The third-order valence-corrected chi connectivity index (χ3v) is 4.37. The van der Waals surface area contributed by atoms with Gasteiger partial charge in [-0.15, -0.1) is 0 Å². The van der Waals surface area contributed by atoms with E-state index in [-0.39, 0.29) is 5.91 Å². The summed E-state index contributed by atoms with van der Waals surface area (Å²) in [5.41, 5.74) is 2.80. The van der Waals surface area contributed by atoms with Crippen LogP contribution in [0.5, 0.6) is 0 Å². The highest BCUT2D eigenvalue weighted by atomic mass is 35.5. The van der Waals surface area contributed by atoms with Crippen LogP contribution >= 0.6 is 11.6 Å². The minimum atomic E-state index is -0.000193. The fraction of sp³-hybridized carbons (Fsp3) is 0.300. The van der Waals surface area contributed by atoms with Crippen molar-refractivity contribution in [3.8, 4) is 0 Å². The van der Waals surface area contributed by atoms with Gasteiger partial charge in [-0.1, -0.05) is 41.9 Å². The van der Waals surface area contributed by atoms with E-state index in [1.54, 1.807) is 26.0 Å². The van der Waals surface area contributed by atoms with E-state index in [9.17, 15) is 4.79 Å². The lowest BCUT2D eigenvalue weighted by Crippen LogP contribution is -2.38. The van der Waals surface area contributed by atoms with Gasteiger partial charge in [0.2, 0.25) is 0 Å². The van der Waals surface area contributed by atoms with Gasteiger partial charge in [-0.25, -0.2) is 0 Å². The van der Waals surface area contributed by atoms with Gasteiger partial charge in [0.15, 0.2) is 5.96 Å². The van der Waals surface area contributed by atoms with E-state index in [1.165, 1.54) is 0 Å². The third kappa shape index (κ3) is 5.23. The topological polar surface area (TPSA) is 47.9 Å². The Labute approximate surface area is 160 Å². The summed E-state index contributed by atoms with van der Waals surface area (Å²) in [5, 5.41) is 4.08. The number of carbonyl (C=O) groups is 1. The number of amides is 1. The maximum Gasteiger partial charge on any atom is 0.253 e. The normalized spacial score (nSPS) is 11.2. The molecule has 0 fully saturated rings. The molecule has 6 heteroatoms. The van der Waals surface area contributed by atoms with Crippen LogP contribution in [0.15, 0.2) is 53.5 Å². The summed E-state index contributed by atoms with van der Waals surface area (Å²) in [5.74, 6) is 0.776. The Kier molecular flexibility index (Phi) is 7.04. The van der Waals surface area contributed by atoms with E-state index in [2.05, 4.69) is 10.3 Å². The predicted molar refractivity (Wildman–Crippen MR) is 108 cm³/mol. The van der Waals surface area contributed by atoms with Crippen molar-refractivity contribution in [3.63, 3.8) is 0 Å². The first-order chi connectivity index (χ1) is 12.4. The van der Waals surface area contributed by atoms with Gasteiger partial charge in [0.25, 0.3) is 5.91 Å². The molecule has 0 spiro atoms. The molecule has 0 saturated carbocycles. The Bertz CT molecular complexity index is 772. The van der Waals surface area contributed by atoms with Crippen molar-refractivity contribution in [1.29, 1.82) is 0 Å². The van der Waals surface area contributed by atoms with Gasteiger partial charge < -0.3 is 15.1 Å². The Balaban J connectivity index is 1.96. The number of carbonyl (C=O) groups excluding carboxylic acids is 1. The van der Waals surface area contributed by atoms with E-state index in [0.29, 0.717) is 18.7 Å². The molecule has 1 amide bonds. The van der Waals surface area contributed by atoms with Crippen molar-refractivity contribution in [2.24, 2.45) is 4.99 Å². The number of rotatable bonds is 5. The highest BCUT2D eigenvalue weighted by Gasteiger charge is 2.10. The highest BCUT2D eigenvalue weighted by Crippen LogP contribution is 2.16. The number of benzene rings is 2. The zero-order valence-corrected chi connectivity index (χ0v) is 16.4. The fourth-order valence-electron chi connectivity index (χ4n) is 2.55. The van der Waals surface area contributed by atoms with Gasteiger partial charge in [-0.2, -0.15) is 0 Å². The third-order valence-electron chi connectivity index (χ3n) is 4.00. The first-order valence-corrected chi connectivity index (χ1v) is 8.76. The molecule has 138 valence electrons. The van der Waals surface area contributed by atoms with Crippen molar-refractivity contribution in [1.82, 2.24) is 15.1 Å². The van der Waals surface area contributed by atoms with Gasteiger partial charge in [0.05, 0.1) is 0 Å². The number of halogens is 1. The zero-order valence-electron chi connectivity index (χ0n) is 15.7. The van der Waals surface area contributed by atoms with Crippen LogP contribution in [-0.2, 0) is 13.1 Å². The lowest BCUT2D eigenvalue weighted by Gasteiger charge is -2.22. The van der Waals surface area contributed by atoms with Crippen LogP contribution < -0.4 is 5.32 Å². The Morgan fingerprint density at radius 3 is 2.31 bits per heavy atom. The molecule has 0 bridgehead atoms. The maximum absolute atomic E-state index is 11.9. The molecule has 0 aliphatic heterocycles. The molecule has 5 nitrogen and oxygen atoms in total. The number of aliphatic imine (C=N–C) groups is 1. The molecule has 0 aliphatic rings. The summed E-state index contributed by atoms with van der Waals surface area (Å²) in [7, 11) is 7.22. The van der Waals surface area contributed by atoms with Crippen molar-refractivity contribution >= 4 is 23.5 Å². The zero-order chi connectivity index (χ0) is 19.1. The van der Waals surface area contributed by atoms with E-state index in [0.717, 1.165) is 22.1 Å². The molecule has 0 unspecified atom stereocenters. The molecule has 0 heterocycles. The van der Waals surface area contributed by atoms with Crippen LogP contribution in [0.4, 0.5) is 0 Å². The molecule has 1 N–H and O–H groups in total. The van der Waals surface area contributed by atoms with Gasteiger partial charge in [0, 0.05) is 51.9 Å². The first-order valence-electron chi connectivity index (χ1n) is 8.38. The summed E-state index contributed by atoms with van der Waals surface area (Å²) in [6, 6.07) is 15.4. The van der Waals surface area contributed by atoms with E-state index in [1.807, 2.05) is 60.5 Å². The smallest absolute Gasteiger partial charge is 0.253 e. The quantitative estimate of drug-likeness (QED) is 0.647. The van der Waals surface area contributed by atoms with Gasteiger partial charge in [-0.05, 0) is 29.3 Å². The predicted octanol–water partition coefficient (Wildman–Crippen LogP) is 3.25. The molecule has 0 saturated heterocycles. The summed E-state index contributed by atoms with van der Waals surface area (Å²) in [4.78, 5) is 19.8. The molecule has 0 radical (unpaired) electrons. The number of guanidine groups is 1. The van der Waals surface area contributed by atoms with Crippen molar-refractivity contribution in [3.05, 3.63) is 70.2 Å². The Hall–Kier alpha value is -2.53. The second-order valence-electron chi connectivity index (χ2n) is 6.24. The van der Waals surface area contributed by atoms with Crippen molar-refractivity contribution in [2.75, 3.05) is 28.2 Å². The largest absolute Gasteiger partial charge is 0.352 e. The van der Waals surface area contributed by atoms with E-state index < -0.39 is 0 Å². The summed E-state index contributed by atoms with van der Waals surface area (Å²) < 4.78 is 0. The lowest BCUT2D eigenvalue weighted by molar-refractivity contribution is 0.0827. The van der Waals surface area contributed by atoms with Crippen LogP contribution in [0, 0.1) is 0 Å². The van der Waals surface area contributed by atoms with Gasteiger partial charge >= 0.3 is 0 Å². The van der Waals surface area contributed by atoms with Crippen LogP contribution in [0.3, 0.4) is 0 Å². The lowest BCUT2D eigenvalue weighted by atomic mass is 10.1. The Morgan fingerprint density at radius 1 is 1.08 bits per heavy atom. The summed E-state index contributed by atoms with van der Waals surface area (Å²) in [6.07, 6.45) is 0. The average molecular weight is 373 g/mol. The second kappa shape index (κ2) is 9.25. The molecule has 0 aromatic heterocycles. The Morgan fingerprint density at radius 2 is 1.73 bits per heavy atom. The maximum atomic E-state index is 11.9. The van der Waals surface area contributed by atoms with Gasteiger partial charge in [-0.3, -0.25) is 9.79 Å². The van der Waals surface area contributed by atoms with Crippen LogP contribution in [0.1, 0.15) is 21.5 Å². The monoisotopic (exact) mass is 372 g/mol. The van der Waals surface area contributed by atoms with E-state index in [4.69, 9.17) is 11.6 Å². The molecule has 0 aliphatic carbocycles. The number of nitrogens with one attached hydrogen (secondary N) is 1. The van der Waals surface area contributed by atoms with Crippen molar-refractivity contribution < 1.29 is 4.79 Å². The minimum absolute atomic E-state index is 0.000193. The van der Waals surface area contributed by atoms with Gasteiger partial charge in [0.1, 0.15) is 0 Å². The van der Waals surface area contributed by atoms with E-state index >= 15 is 0 Å². The second-order valence-corrected chi connectivity index (χ2v) is 6.65. The fourth-order valence-corrected chi connectivity index (χ4v) is 2.74. The number of hydrogen-bond acceptors (Lipinski definition) is 2. The van der Waals surface area contributed by atoms with Crippen LogP contribution in [0.2, 0.25) is 5.02 Å². The molecular weight excluding hydrogens is 348 g/mol. The molecule has 0 atom stereocenters. The molecular formula is C20H25ClN4O. The molecule has 2 aromatic carbocycles. The van der Waals surface area contributed by atoms with Crippen LogP contribution in [0.25, 0.3) is 0 Å². The standard InChI is InChI=1S/C20H25ClN4O/c1-22-20(25(4)14-17-7-5-6-8-18(17)21)23-13-15-9-11-16(12-10-15)19(26)24(2)3/h5-12H,13-14H2,1-4H3,(H,22,23). The summed E-state index contributed by atoms with van der Waals surface area (Å²) >= 11 is 6.23. The first kappa shape index (κ1) is 19.8. The summed E-state index contributed by atoms with van der Waals surface area (Å²) in [6.45, 7) is 1.28. The average Bonchev–Trinajstić information content (AvgIpc) is 2.64. The minimum Gasteiger partial charge on any atom is -0.352 e. The number of hydrogen-bond donors (Lipinski definition) is 1.